The summed E-state index contributed by atoms with van der Waals surface area (Å²) in [6.45, 7) is 1.63. The minimum Gasteiger partial charge on any atom is -0.356 e. The molecule has 0 aromatic rings. The van der Waals surface area contributed by atoms with Crippen molar-refractivity contribution in [2.75, 3.05) is 0 Å². The van der Waals surface area contributed by atoms with Gasteiger partial charge in [0.15, 0.2) is 5.85 Å². The molecule has 48 valence electrons. The first-order chi connectivity index (χ1) is 3.52. The van der Waals surface area contributed by atoms with Crippen LogP contribution in [0.5, 0.6) is 0 Å². The molecule has 1 rings (SSSR count). The number of ether oxygens (including phenoxy) is 1. The molecule has 0 aliphatic carbocycles. The second-order valence-electron chi connectivity index (χ2n) is 1.82. The second-order valence-corrected chi connectivity index (χ2v) is 3.51. The third-order valence-corrected chi connectivity index (χ3v) is 2.22. The molecule has 1 heterocycles. The van der Waals surface area contributed by atoms with E-state index in [0.29, 0.717) is 0 Å². The van der Waals surface area contributed by atoms with Gasteiger partial charge in [-0.2, -0.15) is 0 Å². The van der Waals surface area contributed by atoms with Crippen LogP contribution in [0.1, 0.15) is 6.92 Å². The van der Waals surface area contributed by atoms with Gasteiger partial charge in [0.05, 0.1) is 6.10 Å². The second kappa shape index (κ2) is 10.3. The predicted molar refractivity (Wildman–Crippen MR) is 26.4 cm³/mol. The van der Waals surface area contributed by atoms with Crippen molar-refractivity contribution in [3.05, 3.63) is 0 Å². The van der Waals surface area contributed by atoms with Gasteiger partial charge in [-0.05, 0) is 6.92 Å². The van der Waals surface area contributed by atoms with Gasteiger partial charge in [-0.3, -0.25) is 4.57 Å². The number of rotatable bonds is 1. The van der Waals surface area contributed by atoms with Crippen molar-refractivity contribution >= 4 is 7.60 Å². The summed E-state index contributed by atoms with van der Waals surface area (Å²) in [4.78, 5) is 16.6. The summed E-state index contributed by atoms with van der Waals surface area (Å²) in [5, 5.41) is 0. The topological polar surface area (TPSA) is 70.1 Å². The van der Waals surface area contributed by atoms with Gasteiger partial charge < -0.3 is 14.5 Å². The molecule has 4 nitrogen and oxygen atoms in total. The molecule has 9 heteroatoms. The fourth-order valence-electron chi connectivity index (χ4n) is 0.527. The zero-order valence-electron chi connectivity index (χ0n) is 8.31. The van der Waals surface area contributed by atoms with Crippen LogP contribution in [-0.2, 0) is 9.30 Å². The van der Waals surface area contributed by atoms with Crippen LogP contribution < -0.4 is 118 Å². The van der Waals surface area contributed by atoms with Crippen LogP contribution in [0.3, 0.4) is 0 Å². The maximum absolute atomic E-state index is 10.2. The van der Waals surface area contributed by atoms with E-state index in [1.54, 1.807) is 6.92 Å². The molecule has 12 heavy (non-hydrogen) atoms. The molecule has 0 unspecified atom stereocenters. The monoisotopic (exact) mass is 230 g/mol. The molecule has 0 radical (unpaired) electrons. The van der Waals surface area contributed by atoms with E-state index in [-0.39, 0.29) is 124 Å². The summed E-state index contributed by atoms with van der Waals surface area (Å²) in [5.74, 6) is -0.817. The van der Waals surface area contributed by atoms with Crippen LogP contribution in [0.2, 0.25) is 0 Å². The molecule has 1 aliphatic heterocycles. The Morgan fingerprint density at radius 3 is 1.42 bits per heavy atom. The fraction of sp³-hybridized carbons (Fsp3) is 1.00. The maximum Gasteiger partial charge on any atom is 1.00 e. The van der Waals surface area contributed by atoms with E-state index in [4.69, 9.17) is 9.79 Å². The standard InChI is InChI=1S/C3H7O4P.4Na/c1-2-3(7-2)8(4,5)6;;;;/h2-3H,1H3,(H2,4,5,6);;;;/q;4*+1/t2-,3+;;;;/m0..../s1. The summed E-state index contributed by atoms with van der Waals surface area (Å²) < 4.78 is 14.7. The Labute approximate surface area is 160 Å². The third kappa shape index (κ3) is 9.34. The van der Waals surface area contributed by atoms with E-state index in [9.17, 15) is 4.57 Å². The van der Waals surface area contributed by atoms with Gasteiger partial charge in [-0.1, -0.05) is 0 Å². The molecule has 1 fully saturated rings. The zero-order chi connectivity index (χ0) is 6.36. The molecular weight excluding hydrogens is 223 g/mol. The Morgan fingerprint density at radius 1 is 1.17 bits per heavy atom. The van der Waals surface area contributed by atoms with E-state index < -0.39 is 13.4 Å². The van der Waals surface area contributed by atoms with E-state index >= 15 is 0 Å². The fourth-order valence-corrected chi connectivity index (χ4v) is 1.42. The Morgan fingerprint density at radius 2 is 1.42 bits per heavy atom. The van der Waals surface area contributed by atoms with Crippen LogP contribution in [0.15, 0.2) is 0 Å². The van der Waals surface area contributed by atoms with E-state index in [0.717, 1.165) is 0 Å². The summed E-state index contributed by atoms with van der Waals surface area (Å²) in [6, 6.07) is 0. The van der Waals surface area contributed by atoms with Crippen molar-refractivity contribution < 1.29 is 137 Å². The van der Waals surface area contributed by atoms with Gasteiger partial charge >= 0.3 is 126 Å². The summed E-state index contributed by atoms with van der Waals surface area (Å²) in [7, 11) is -3.90. The Balaban J connectivity index is -0.0000000800. The first kappa shape index (κ1) is 25.1. The summed E-state index contributed by atoms with van der Waals surface area (Å²) in [5.41, 5.74) is 0. The van der Waals surface area contributed by atoms with Gasteiger partial charge in [0.2, 0.25) is 0 Å². The maximum atomic E-state index is 10.2. The van der Waals surface area contributed by atoms with Crippen LogP contribution in [0.4, 0.5) is 0 Å². The Bertz CT molecular complexity index is 149. The van der Waals surface area contributed by atoms with E-state index in [1.807, 2.05) is 0 Å². The molecule has 1 aliphatic rings. The Hall–Kier alpha value is 4.11. The first-order valence-electron chi connectivity index (χ1n) is 2.22. The molecule has 0 aromatic heterocycles. The van der Waals surface area contributed by atoms with Crippen molar-refractivity contribution in [1.29, 1.82) is 0 Å². The smallest absolute Gasteiger partial charge is 0.356 e. The van der Waals surface area contributed by atoms with Gasteiger partial charge in [0.25, 0.3) is 0 Å². The molecule has 2 N–H and O–H groups in total. The molecule has 2 atom stereocenters. The van der Waals surface area contributed by atoms with Crippen LogP contribution in [0.25, 0.3) is 0 Å². The molecule has 0 saturated carbocycles. The van der Waals surface area contributed by atoms with Gasteiger partial charge in [0.1, 0.15) is 0 Å². The molecule has 0 spiro atoms. The molecular formula is C3H7Na4O4P+4. The van der Waals surface area contributed by atoms with Crippen LogP contribution in [-0.4, -0.2) is 21.7 Å². The molecule has 0 aromatic carbocycles. The normalized spacial score (nSPS) is 24.9. The van der Waals surface area contributed by atoms with Crippen LogP contribution in [0, 0.1) is 0 Å². The zero-order valence-corrected chi connectivity index (χ0v) is 17.2. The minimum absolute atomic E-state index is 0. The minimum atomic E-state index is -3.90. The van der Waals surface area contributed by atoms with Crippen molar-refractivity contribution in [2.24, 2.45) is 0 Å². The summed E-state index contributed by atoms with van der Waals surface area (Å²) in [6.07, 6.45) is -0.254. The quantitative estimate of drug-likeness (QED) is 0.266. The van der Waals surface area contributed by atoms with Crippen molar-refractivity contribution in [3.63, 3.8) is 0 Å². The number of hydrogen-bond acceptors (Lipinski definition) is 2. The number of epoxide rings is 1. The van der Waals surface area contributed by atoms with Gasteiger partial charge in [0, 0.05) is 0 Å². The van der Waals surface area contributed by atoms with Crippen molar-refractivity contribution in [1.82, 2.24) is 0 Å². The molecule has 0 bridgehead atoms. The van der Waals surface area contributed by atoms with Crippen molar-refractivity contribution in [3.8, 4) is 0 Å². The average molecular weight is 230 g/mol. The molecule has 0 amide bonds. The van der Waals surface area contributed by atoms with Crippen molar-refractivity contribution in [2.45, 2.75) is 18.9 Å². The number of hydrogen-bond donors (Lipinski definition) is 2. The van der Waals surface area contributed by atoms with Gasteiger partial charge in [-0.25, -0.2) is 0 Å². The van der Waals surface area contributed by atoms with E-state index in [2.05, 4.69) is 4.74 Å². The third-order valence-electron chi connectivity index (χ3n) is 1.01. The first-order valence-corrected chi connectivity index (χ1v) is 3.90. The SMILES string of the molecule is C[C@@H]1O[C@@H]1P(=O)(O)O.[Na+].[Na+].[Na+].[Na+]. The van der Waals surface area contributed by atoms with Gasteiger partial charge in [-0.15, -0.1) is 0 Å². The summed E-state index contributed by atoms with van der Waals surface area (Å²) >= 11 is 0. The van der Waals surface area contributed by atoms with Crippen LogP contribution >= 0.6 is 7.60 Å². The molecule has 1 saturated heterocycles. The largest absolute Gasteiger partial charge is 1.00 e. The Kier molecular flexibility index (Phi) is 21.5. The van der Waals surface area contributed by atoms with E-state index in [1.165, 1.54) is 0 Å². The predicted octanol–water partition coefficient (Wildman–Crippen LogP) is -12.1. The average Bonchev–Trinajstić information content (AvgIpc) is 2.13.